The van der Waals surface area contributed by atoms with Crippen LogP contribution in [0, 0.1) is 71.0 Å². The van der Waals surface area contributed by atoms with E-state index >= 15 is 0 Å². The molecule has 0 fully saturated rings. The number of ether oxygens (including phenoxy) is 5. The van der Waals surface area contributed by atoms with Crippen molar-refractivity contribution in [2.45, 2.75) is 33.0 Å². The van der Waals surface area contributed by atoms with E-state index in [1.165, 1.54) is 67.9 Å². The third-order valence-electron chi connectivity index (χ3n) is 16.1. The first-order valence-electron chi connectivity index (χ1n) is 37.8. The molecule has 0 spiro atoms. The number of nitrogens with two attached hydrogens (primary N) is 1. The first-order chi connectivity index (χ1) is 61.5. The Labute approximate surface area is 862 Å². The second-order valence-corrected chi connectivity index (χ2v) is 28.3. The van der Waals surface area contributed by atoms with E-state index in [9.17, 15) is 9.59 Å². The molecular formula is C100H79ClFeK3N11O7PS3. The summed E-state index contributed by atoms with van der Waals surface area (Å²) in [5.41, 5.74) is 19.2. The molecule has 1 amide bonds. The summed E-state index contributed by atoms with van der Waals surface area (Å²) in [5.74, 6) is 3.96. The average molecular weight is 1880 g/mol. The number of thiazole rings is 2. The average Bonchev–Trinajstić information content (AvgIpc) is 1.56. The minimum absolute atomic E-state index is 0. The Morgan fingerprint density at radius 3 is 1.06 bits per heavy atom. The van der Waals surface area contributed by atoms with Gasteiger partial charge in [-0.25, -0.2) is 9.97 Å². The van der Waals surface area contributed by atoms with Gasteiger partial charge < -0.3 is 111 Å². The first kappa shape index (κ1) is 113. The van der Waals surface area contributed by atoms with Crippen molar-refractivity contribution in [2.24, 2.45) is 0 Å². The van der Waals surface area contributed by atoms with E-state index in [0.29, 0.717) is 54.6 Å². The van der Waals surface area contributed by atoms with Crippen LogP contribution in [0.4, 0.5) is 17.1 Å². The number of rotatable bonds is 21. The first-order valence-corrected chi connectivity index (χ1v) is 56.8. The van der Waals surface area contributed by atoms with Crippen LogP contribution in [0.1, 0.15) is 48.5 Å². The molecule has 18 nitrogen and oxygen atoms in total. The predicted molar refractivity (Wildman–Crippen MR) is 512 cm³/mol. The zero-order valence-corrected chi connectivity index (χ0v) is 84.3. The van der Waals surface area contributed by atoms with Crippen LogP contribution in [0.15, 0.2) is 382 Å². The largest absolute Gasteiger partial charge is 0.489 e. The van der Waals surface area contributed by atoms with Gasteiger partial charge in [0.1, 0.15) is 71.8 Å². The monoisotopic (exact) mass is 1880 g/mol. The van der Waals surface area contributed by atoms with E-state index in [-0.39, 0.29) is 74.4 Å². The number of hydrogen-bond donors (Lipinski definition) is 3. The van der Waals surface area contributed by atoms with E-state index in [2.05, 4.69) is 74.5 Å². The molecule has 0 aliphatic carbocycles. The number of amides is 1. The number of aromatic nitrogens is 2. The normalized spacial score (nSPS) is 9.09. The van der Waals surface area contributed by atoms with Crippen LogP contribution in [-0.4, -0.2) is 140 Å². The molecule has 0 aliphatic rings. The third-order valence-corrected chi connectivity index (χ3v) is 18.8. The van der Waals surface area contributed by atoms with Crippen LogP contribution in [0.3, 0.4) is 0 Å². The summed E-state index contributed by atoms with van der Waals surface area (Å²) < 4.78 is 31.9. The van der Waals surface area contributed by atoms with E-state index in [1.807, 2.05) is 291 Å². The number of nitrogens with one attached hydrogen (secondary N) is 2. The summed E-state index contributed by atoms with van der Waals surface area (Å²) in [6.45, 7) is 31.3. The van der Waals surface area contributed by atoms with Gasteiger partial charge in [0.25, 0.3) is 11.1 Å². The number of fused-ring (bicyclic) bond motifs is 2. The molecule has 2 heterocycles. The zero-order chi connectivity index (χ0) is 90.9. The standard InChI is InChI=1S/C20H17NO2.2C20H15NOS.C14H14NOPS.C13H13NO.C7H5ClO.6CN.Fe.3K/c22-20(17-10-5-2-6-11-17)21-18-12-7-13-19(14-18)23-15-16-8-3-1-4-9-16;1-3-8-15(9-4-1)14-22-18-13-7-12-17-19(18)23-20(21-17)16-10-5-2-6-11-16;1-3-7-15(8-4-1)14-22-17-11-12-19-18(13-17)21-20(23-19)16-9-5-2-6-10-16;17-14(18)15-12-7-4-8-13(9-12)16-10-11-5-2-1-3-6-11;14-12-7-4-8-13(9-12)15-10-11-5-2-1-3-6-11;8-7(9)6-4-2-1-3-5-6;6*1-2;;;;/h1-14H,15H2,(H,21,22);2*1-13H,14H2;1-9H,10,17H2,(H,15,18);1-9H,10,14H2;1-5H;;;;;;;;;;/q;;;;;;6*-1;+6;;;. The molecule has 0 saturated carbocycles. The maximum Gasteiger partial charge on any atom is 0.139 e. The van der Waals surface area contributed by atoms with Crippen molar-refractivity contribution in [3.05, 3.63) is 461 Å². The van der Waals surface area contributed by atoms with Crippen molar-refractivity contribution >= 4 is 224 Å². The van der Waals surface area contributed by atoms with Crippen LogP contribution in [-0.2, 0) is 50.1 Å². The van der Waals surface area contributed by atoms with Gasteiger partial charge >= 0.3 is 80.2 Å². The van der Waals surface area contributed by atoms with Gasteiger partial charge in [-0.1, -0.05) is 307 Å². The smallest absolute Gasteiger partial charge is 0.139 e. The van der Waals surface area contributed by atoms with Gasteiger partial charge in [-0.15, -0.1) is 22.7 Å². The molecule has 14 aromatic carbocycles. The Morgan fingerprint density at radius 2 is 0.685 bits per heavy atom. The Morgan fingerprint density at radius 1 is 0.370 bits per heavy atom. The topological polar surface area (TPSA) is 299 Å². The number of hydrogen-bond acceptors (Lipinski definition) is 19. The van der Waals surface area contributed by atoms with Crippen LogP contribution in [0.5, 0.6) is 28.7 Å². The summed E-state index contributed by atoms with van der Waals surface area (Å²) in [4.78, 5) is 32.0. The zero-order valence-electron chi connectivity index (χ0n) is 69.5. The summed E-state index contributed by atoms with van der Waals surface area (Å²) in [5, 5.41) is 45.1. The second kappa shape index (κ2) is 70.8. The van der Waals surface area contributed by atoms with Crippen LogP contribution >= 0.6 is 55.7 Å². The van der Waals surface area contributed by atoms with Crippen LogP contribution in [0.25, 0.3) is 41.6 Å². The molecule has 1 radical (unpaired) electrons. The molecule has 2 aromatic heterocycles. The number of halogens is 1. The summed E-state index contributed by atoms with van der Waals surface area (Å²) in [7, 11) is 2.45. The quantitative estimate of drug-likeness (QED) is 0.0150. The van der Waals surface area contributed by atoms with Gasteiger partial charge in [-0.2, -0.15) is 0 Å². The van der Waals surface area contributed by atoms with Crippen molar-refractivity contribution in [2.75, 3.05) is 16.4 Å². The fraction of sp³-hybridized carbons (Fsp3) is 0.0500. The van der Waals surface area contributed by atoms with Gasteiger partial charge in [0.2, 0.25) is 0 Å². The van der Waals surface area contributed by atoms with Crippen molar-refractivity contribution in [1.82, 2.24) is 9.97 Å². The molecule has 0 bridgehead atoms. The minimum atomic E-state index is -0.407. The molecule has 617 valence electrons. The molecule has 1 unspecified atom stereocenters. The Hall–Kier alpha value is -10.2. The van der Waals surface area contributed by atoms with Crippen molar-refractivity contribution < 1.29 is 50.3 Å². The molecule has 16 rings (SSSR count). The molecule has 0 saturated heterocycles. The fourth-order valence-electron chi connectivity index (χ4n) is 10.6. The molecule has 127 heavy (non-hydrogen) atoms. The number of thiocarbonyl (C=S) groups is 1. The maximum atomic E-state index is 12.2. The number of anilines is 3. The number of carbonyl (C=O) groups is 2. The molecular weight excluding hydrogens is 1800 g/mol. The fourth-order valence-corrected chi connectivity index (χ4v) is 13.0. The van der Waals surface area contributed by atoms with Gasteiger partial charge in [0.05, 0.1) is 25.2 Å². The molecule has 1 atom stereocenters. The second-order valence-electron chi connectivity index (χ2n) is 24.5. The van der Waals surface area contributed by atoms with E-state index < -0.39 is 5.24 Å². The third kappa shape index (κ3) is 44.4. The van der Waals surface area contributed by atoms with Crippen molar-refractivity contribution in [1.29, 1.82) is 31.6 Å². The summed E-state index contributed by atoms with van der Waals surface area (Å²) >= 11 is 16.0. The number of nitrogens with zero attached hydrogens (tertiary/aromatic N) is 8. The van der Waals surface area contributed by atoms with Crippen molar-refractivity contribution in [3.63, 3.8) is 0 Å². The van der Waals surface area contributed by atoms with Gasteiger partial charge in [-0.05, 0) is 112 Å². The van der Waals surface area contributed by atoms with Gasteiger partial charge in [0, 0.05) is 115 Å². The summed E-state index contributed by atoms with van der Waals surface area (Å²) in [6.07, 6.45) is 0. The van der Waals surface area contributed by atoms with E-state index in [1.54, 1.807) is 59.1 Å². The number of nitrogen functional groups attached to an aromatic ring is 1. The number of carbonyl (C=O) groups excluding carboxylic acids is 2. The predicted octanol–water partition coefficient (Wildman–Crippen LogP) is 23.8. The van der Waals surface area contributed by atoms with E-state index in [0.717, 1.165) is 105 Å². The van der Waals surface area contributed by atoms with Crippen molar-refractivity contribution in [3.8, 4) is 49.9 Å². The molecule has 27 heteroatoms. The maximum absolute atomic E-state index is 12.2. The Kier molecular flexibility index (Phi) is 62.9. The molecule has 4 N–H and O–H groups in total. The van der Waals surface area contributed by atoms with Crippen LogP contribution < -0.4 is 40.1 Å². The molecule has 0 aliphatic heterocycles. The summed E-state index contributed by atoms with van der Waals surface area (Å²) in [6, 6.07) is 124. The Balaban J connectivity index is 0.000000508. The van der Waals surface area contributed by atoms with Crippen LogP contribution in [0.2, 0.25) is 0 Å². The minimum Gasteiger partial charge on any atom is -0.489 e. The Bertz CT molecular complexity index is 5810. The number of benzene rings is 14. The van der Waals surface area contributed by atoms with E-state index in [4.69, 9.17) is 134 Å². The SMILES string of the molecule is Nc1cccc(OCc2ccccc2)c1.O=C(Cl)c1ccccc1.O=C(Nc1cccc(OCc2ccccc2)c1)c1ccccc1.PC(=S)Nc1cccc(OCc2ccccc2)c1.[C-]#N.[C-]#N.[C-]#N.[C-]#N.[C-]#N.[C-]#N.[Fe+6].[K].[K][K].c1ccc(COc2ccc3sc(-c4ccccc4)nc3c2)cc1.c1ccc(COc2cccc3nc(-c4ccccc4)sc23)cc1. The van der Waals surface area contributed by atoms with Gasteiger partial charge in [-0.3, -0.25) is 9.59 Å². The molecule has 16 aromatic rings. The van der Waals surface area contributed by atoms with Gasteiger partial charge in [0.15, 0.2) is 0 Å².